The number of hydrogen-bond donors (Lipinski definition) is 1. The highest BCUT2D eigenvalue weighted by Crippen LogP contribution is 2.25. The molecule has 1 fully saturated rings. The normalized spacial score (nSPS) is 17.6. The van der Waals surface area contributed by atoms with E-state index in [1.54, 1.807) is 0 Å². The van der Waals surface area contributed by atoms with Crippen molar-refractivity contribution in [2.45, 2.75) is 31.7 Å². The Morgan fingerprint density at radius 2 is 2.00 bits per heavy atom. The Balaban J connectivity index is 1.78. The summed E-state index contributed by atoms with van der Waals surface area (Å²) < 4.78 is 0. The third-order valence-electron chi connectivity index (χ3n) is 3.69. The van der Waals surface area contributed by atoms with Crippen molar-refractivity contribution >= 4 is 33.6 Å². The van der Waals surface area contributed by atoms with Crippen LogP contribution in [0.2, 0.25) is 0 Å². The Hall–Kier alpha value is -0.480. The number of hydrogen-bond acceptors (Lipinski definition) is 2. The monoisotopic (exact) mass is 355 g/mol. The van der Waals surface area contributed by atoms with E-state index in [1.807, 2.05) is 30.0 Å². The van der Waals surface area contributed by atoms with Gasteiger partial charge < -0.3 is 5.32 Å². The minimum atomic E-state index is 0.183. The molecule has 4 heteroatoms. The third-order valence-corrected chi connectivity index (χ3v) is 5.52. The smallest absolute Gasteiger partial charge is 0.220 e. The molecule has 1 N–H and O–H groups in total. The largest absolute Gasteiger partial charge is 0.352 e. The summed E-state index contributed by atoms with van der Waals surface area (Å²) in [6.45, 7) is 0. The molecular formula is C16H22BrNOS. The number of alkyl halides is 1. The third kappa shape index (κ3) is 5.49. The molecule has 1 aromatic rings. The molecule has 1 aliphatic rings. The average Bonchev–Trinajstić information content (AvgIpc) is 2.48. The zero-order chi connectivity index (χ0) is 14.2. The van der Waals surface area contributed by atoms with Crippen molar-refractivity contribution in [1.29, 1.82) is 0 Å². The van der Waals surface area contributed by atoms with E-state index < -0.39 is 0 Å². The highest BCUT2D eigenvalue weighted by Gasteiger charge is 2.19. The summed E-state index contributed by atoms with van der Waals surface area (Å²) in [5.41, 5.74) is 1.27. The number of carbonyl (C=O) groups is 1. The Morgan fingerprint density at radius 3 is 2.65 bits per heavy atom. The van der Waals surface area contributed by atoms with Gasteiger partial charge in [0.1, 0.15) is 0 Å². The Morgan fingerprint density at radius 1 is 1.30 bits per heavy atom. The SMILES string of the molecule is O=C(CC1CCSCC1)NC(CBr)Cc1ccccc1. The molecule has 20 heavy (non-hydrogen) atoms. The van der Waals surface area contributed by atoms with Gasteiger partial charge in [0.25, 0.3) is 0 Å². The molecule has 0 spiro atoms. The number of rotatable bonds is 6. The molecule has 1 saturated heterocycles. The molecule has 0 aliphatic carbocycles. The van der Waals surface area contributed by atoms with Gasteiger partial charge in [0, 0.05) is 17.8 Å². The maximum atomic E-state index is 12.1. The van der Waals surface area contributed by atoms with Crippen molar-refractivity contribution < 1.29 is 4.79 Å². The van der Waals surface area contributed by atoms with Gasteiger partial charge in [0.2, 0.25) is 5.91 Å². The second-order valence-corrected chi connectivity index (χ2v) is 7.24. The van der Waals surface area contributed by atoms with Gasteiger partial charge in [-0.2, -0.15) is 11.8 Å². The summed E-state index contributed by atoms with van der Waals surface area (Å²) >= 11 is 5.52. The minimum absolute atomic E-state index is 0.183. The van der Waals surface area contributed by atoms with E-state index in [0.29, 0.717) is 12.3 Å². The molecule has 1 aromatic carbocycles. The van der Waals surface area contributed by atoms with Crippen molar-refractivity contribution in [2.24, 2.45) is 5.92 Å². The highest BCUT2D eigenvalue weighted by molar-refractivity contribution is 9.09. The van der Waals surface area contributed by atoms with E-state index in [0.717, 1.165) is 11.8 Å². The zero-order valence-electron chi connectivity index (χ0n) is 11.7. The van der Waals surface area contributed by atoms with E-state index in [4.69, 9.17) is 0 Å². The summed E-state index contributed by atoms with van der Waals surface area (Å²) in [6.07, 6.45) is 3.96. The molecule has 1 aliphatic heterocycles. The summed E-state index contributed by atoms with van der Waals surface area (Å²) in [5.74, 6) is 3.22. The lowest BCUT2D eigenvalue weighted by Gasteiger charge is -2.22. The molecule has 1 amide bonds. The summed E-state index contributed by atoms with van der Waals surface area (Å²) in [5, 5.41) is 3.97. The topological polar surface area (TPSA) is 29.1 Å². The van der Waals surface area contributed by atoms with Crippen LogP contribution in [0.15, 0.2) is 30.3 Å². The fourth-order valence-corrected chi connectivity index (χ4v) is 4.14. The lowest BCUT2D eigenvalue weighted by atomic mass is 9.98. The molecule has 0 radical (unpaired) electrons. The molecule has 2 nitrogen and oxygen atoms in total. The van der Waals surface area contributed by atoms with E-state index in [9.17, 15) is 4.79 Å². The number of amides is 1. The van der Waals surface area contributed by atoms with Crippen LogP contribution >= 0.6 is 27.7 Å². The van der Waals surface area contributed by atoms with Crippen LogP contribution in [-0.4, -0.2) is 28.8 Å². The van der Waals surface area contributed by atoms with Crippen LogP contribution in [0.3, 0.4) is 0 Å². The van der Waals surface area contributed by atoms with Crippen LogP contribution in [0.5, 0.6) is 0 Å². The molecule has 1 unspecified atom stereocenters. The standard InChI is InChI=1S/C16H22BrNOS/c17-12-15(10-13-4-2-1-3-5-13)18-16(19)11-14-6-8-20-9-7-14/h1-5,14-15H,6-12H2,(H,18,19). The van der Waals surface area contributed by atoms with Crippen molar-refractivity contribution in [3.8, 4) is 0 Å². The lowest BCUT2D eigenvalue weighted by Crippen LogP contribution is -2.38. The van der Waals surface area contributed by atoms with E-state index in [1.165, 1.54) is 29.9 Å². The molecule has 0 aromatic heterocycles. The Bertz CT molecular complexity index is 406. The number of halogens is 1. The van der Waals surface area contributed by atoms with Crippen LogP contribution in [0.25, 0.3) is 0 Å². The average molecular weight is 356 g/mol. The molecule has 0 bridgehead atoms. The predicted octanol–water partition coefficient (Wildman–Crippen LogP) is 3.64. The molecular weight excluding hydrogens is 334 g/mol. The van der Waals surface area contributed by atoms with Crippen molar-refractivity contribution in [3.05, 3.63) is 35.9 Å². The summed E-state index contributed by atoms with van der Waals surface area (Å²) in [6, 6.07) is 10.5. The fourth-order valence-electron chi connectivity index (χ4n) is 2.54. The molecule has 1 heterocycles. The number of carbonyl (C=O) groups excluding carboxylic acids is 1. The Kier molecular flexibility index (Phi) is 6.94. The van der Waals surface area contributed by atoms with Crippen LogP contribution in [-0.2, 0) is 11.2 Å². The van der Waals surface area contributed by atoms with Gasteiger partial charge in [-0.1, -0.05) is 46.3 Å². The van der Waals surface area contributed by atoms with Gasteiger partial charge in [-0.05, 0) is 42.2 Å². The van der Waals surface area contributed by atoms with Gasteiger partial charge >= 0.3 is 0 Å². The molecule has 2 rings (SSSR count). The van der Waals surface area contributed by atoms with Gasteiger partial charge in [-0.15, -0.1) is 0 Å². The summed E-state index contributed by atoms with van der Waals surface area (Å²) in [7, 11) is 0. The van der Waals surface area contributed by atoms with Crippen LogP contribution in [0.4, 0.5) is 0 Å². The maximum Gasteiger partial charge on any atom is 0.220 e. The van der Waals surface area contributed by atoms with E-state index in [2.05, 4.69) is 33.4 Å². The fraction of sp³-hybridized carbons (Fsp3) is 0.562. The molecule has 1 atom stereocenters. The van der Waals surface area contributed by atoms with Crippen molar-refractivity contribution in [2.75, 3.05) is 16.8 Å². The Labute approximate surface area is 134 Å². The van der Waals surface area contributed by atoms with Gasteiger partial charge in [-0.25, -0.2) is 0 Å². The predicted molar refractivity (Wildman–Crippen MR) is 90.5 cm³/mol. The first-order valence-electron chi connectivity index (χ1n) is 7.25. The number of nitrogens with one attached hydrogen (secondary N) is 1. The minimum Gasteiger partial charge on any atom is -0.352 e. The van der Waals surface area contributed by atoms with Crippen LogP contribution in [0.1, 0.15) is 24.8 Å². The first kappa shape index (κ1) is 15.9. The first-order chi connectivity index (χ1) is 9.78. The van der Waals surface area contributed by atoms with E-state index in [-0.39, 0.29) is 11.9 Å². The molecule has 110 valence electrons. The lowest BCUT2D eigenvalue weighted by molar-refractivity contribution is -0.122. The number of thioether (sulfide) groups is 1. The highest BCUT2D eigenvalue weighted by atomic mass is 79.9. The van der Waals surface area contributed by atoms with E-state index >= 15 is 0 Å². The maximum absolute atomic E-state index is 12.1. The zero-order valence-corrected chi connectivity index (χ0v) is 14.1. The molecule has 0 saturated carbocycles. The van der Waals surface area contributed by atoms with Crippen molar-refractivity contribution in [1.82, 2.24) is 5.32 Å². The van der Waals surface area contributed by atoms with Gasteiger partial charge in [0.05, 0.1) is 0 Å². The summed E-state index contributed by atoms with van der Waals surface area (Å²) in [4.78, 5) is 12.1. The first-order valence-corrected chi connectivity index (χ1v) is 9.52. The van der Waals surface area contributed by atoms with Gasteiger partial charge in [-0.3, -0.25) is 4.79 Å². The van der Waals surface area contributed by atoms with Crippen LogP contribution in [0, 0.1) is 5.92 Å². The van der Waals surface area contributed by atoms with Crippen molar-refractivity contribution in [3.63, 3.8) is 0 Å². The van der Waals surface area contributed by atoms with Gasteiger partial charge in [0.15, 0.2) is 0 Å². The van der Waals surface area contributed by atoms with Crippen LogP contribution < -0.4 is 5.32 Å². The quantitative estimate of drug-likeness (QED) is 0.789. The number of benzene rings is 1. The second-order valence-electron chi connectivity index (χ2n) is 5.37. The second kappa shape index (κ2) is 8.73.